The third-order valence-corrected chi connectivity index (χ3v) is 0.738. The highest BCUT2D eigenvalue weighted by atomic mass is 16.6. The van der Waals surface area contributed by atoms with E-state index in [1.807, 2.05) is 6.92 Å². The smallest absolute Gasteiger partial charge is 0.0653 e. The average Bonchev–Trinajstić information content (AvgIpc) is 1.66. The van der Waals surface area contributed by atoms with Gasteiger partial charge in [-0.15, -0.1) is 0 Å². The predicted octanol–water partition coefficient (Wildman–Crippen LogP) is 1.18. The summed E-state index contributed by atoms with van der Waals surface area (Å²) in [7, 11) is 0. The second kappa shape index (κ2) is 5.06. The van der Waals surface area contributed by atoms with E-state index in [1.54, 1.807) is 0 Å². The van der Waals surface area contributed by atoms with E-state index in [4.69, 9.17) is 4.84 Å². The fourth-order valence-electron chi connectivity index (χ4n) is 0.328. The topological polar surface area (TPSA) is 21.3 Å². The molecule has 0 bridgehead atoms. The summed E-state index contributed by atoms with van der Waals surface area (Å²) in [6.45, 7) is 7.94. The molecule has 0 aromatic rings. The van der Waals surface area contributed by atoms with Crippen molar-refractivity contribution in [1.82, 2.24) is 5.48 Å². The highest BCUT2D eigenvalue weighted by Gasteiger charge is 1.89. The summed E-state index contributed by atoms with van der Waals surface area (Å²) in [5.74, 6) is 0.668. The van der Waals surface area contributed by atoms with E-state index in [0.717, 1.165) is 13.2 Å². The Balaban J connectivity index is 2.72. The number of hydrogen-bond acceptors (Lipinski definition) is 2. The maximum Gasteiger partial charge on any atom is 0.0653 e. The molecule has 0 aliphatic heterocycles. The molecule has 0 aromatic heterocycles. The van der Waals surface area contributed by atoms with Crippen LogP contribution < -0.4 is 5.48 Å². The molecule has 0 saturated heterocycles. The van der Waals surface area contributed by atoms with E-state index < -0.39 is 0 Å². The molecule has 0 amide bonds. The lowest BCUT2D eigenvalue weighted by molar-refractivity contribution is 0.0444. The maximum absolute atomic E-state index is 4.89. The summed E-state index contributed by atoms with van der Waals surface area (Å²) < 4.78 is 0. The minimum Gasteiger partial charge on any atom is -0.302 e. The van der Waals surface area contributed by atoms with Gasteiger partial charge in [-0.3, -0.25) is 0 Å². The minimum atomic E-state index is 0.668. The summed E-state index contributed by atoms with van der Waals surface area (Å²) in [6.07, 6.45) is 0. The molecular formula is C6H15NO. The molecule has 0 rings (SSSR count). The first kappa shape index (κ1) is 7.92. The highest BCUT2D eigenvalue weighted by molar-refractivity contribution is 4.40. The number of hydroxylamine groups is 1. The Hall–Kier alpha value is -0.0800. The van der Waals surface area contributed by atoms with Crippen LogP contribution in [0.15, 0.2) is 0 Å². The van der Waals surface area contributed by atoms with E-state index in [-0.39, 0.29) is 0 Å². The zero-order valence-electron chi connectivity index (χ0n) is 5.90. The molecule has 0 aromatic carbocycles. The Bertz CT molecular complexity index is 45.8. The third-order valence-electron chi connectivity index (χ3n) is 0.738. The molecule has 2 heteroatoms. The fourth-order valence-corrected chi connectivity index (χ4v) is 0.328. The molecule has 8 heavy (non-hydrogen) atoms. The van der Waals surface area contributed by atoms with Crippen LogP contribution in [-0.2, 0) is 4.84 Å². The summed E-state index contributed by atoms with van der Waals surface area (Å²) in [6, 6.07) is 0. The van der Waals surface area contributed by atoms with Crippen molar-refractivity contribution in [3.63, 3.8) is 0 Å². The van der Waals surface area contributed by atoms with Gasteiger partial charge in [-0.05, 0) is 12.8 Å². The predicted molar refractivity (Wildman–Crippen MR) is 34.5 cm³/mol. The first-order valence-electron chi connectivity index (χ1n) is 3.12. The number of nitrogens with one attached hydrogen (secondary N) is 1. The van der Waals surface area contributed by atoms with Crippen molar-refractivity contribution in [2.45, 2.75) is 20.8 Å². The normalized spacial score (nSPS) is 10.5. The Morgan fingerprint density at radius 2 is 2.12 bits per heavy atom. The molecule has 0 saturated carbocycles. The summed E-state index contributed by atoms with van der Waals surface area (Å²) in [4.78, 5) is 4.89. The van der Waals surface area contributed by atoms with Crippen LogP contribution in [0, 0.1) is 5.92 Å². The van der Waals surface area contributed by atoms with Crippen LogP contribution in [-0.4, -0.2) is 13.2 Å². The van der Waals surface area contributed by atoms with Crippen LogP contribution in [0.3, 0.4) is 0 Å². The Morgan fingerprint density at radius 3 is 2.50 bits per heavy atom. The molecule has 2 nitrogen and oxygen atoms in total. The van der Waals surface area contributed by atoms with Gasteiger partial charge in [-0.2, -0.15) is 0 Å². The van der Waals surface area contributed by atoms with Gasteiger partial charge in [-0.1, -0.05) is 13.8 Å². The minimum absolute atomic E-state index is 0.668. The van der Waals surface area contributed by atoms with Crippen LogP contribution in [0.1, 0.15) is 20.8 Å². The van der Waals surface area contributed by atoms with Crippen LogP contribution in [0.25, 0.3) is 0 Å². The van der Waals surface area contributed by atoms with Crippen molar-refractivity contribution >= 4 is 0 Å². The van der Waals surface area contributed by atoms with Gasteiger partial charge in [-0.25, -0.2) is 5.48 Å². The van der Waals surface area contributed by atoms with Gasteiger partial charge in [0.05, 0.1) is 6.61 Å². The first-order valence-corrected chi connectivity index (χ1v) is 3.12. The van der Waals surface area contributed by atoms with Crippen LogP contribution in [0.4, 0.5) is 0 Å². The SMILES string of the molecule is CCONCC(C)C. The van der Waals surface area contributed by atoms with Crippen molar-refractivity contribution in [2.75, 3.05) is 13.2 Å². The second-order valence-corrected chi connectivity index (χ2v) is 2.18. The molecule has 0 radical (unpaired) electrons. The fraction of sp³-hybridized carbons (Fsp3) is 1.00. The highest BCUT2D eigenvalue weighted by Crippen LogP contribution is 1.85. The van der Waals surface area contributed by atoms with Crippen molar-refractivity contribution in [1.29, 1.82) is 0 Å². The molecule has 0 fully saturated rings. The largest absolute Gasteiger partial charge is 0.302 e. The quantitative estimate of drug-likeness (QED) is 0.441. The molecule has 50 valence electrons. The van der Waals surface area contributed by atoms with Gasteiger partial charge in [0.2, 0.25) is 0 Å². The number of rotatable bonds is 4. The van der Waals surface area contributed by atoms with E-state index in [2.05, 4.69) is 19.3 Å². The zero-order chi connectivity index (χ0) is 6.41. The molecule has 0 spiro atoms. The Morgan fingerprint density at radius 1 is 1.50 bits per heavy atom. The van der Waals surface area contributed by atoms with Crippen molar-refractivity contribution in [3.8, 4) is 0 Å². The lowest BCUT2D eigenvalue weighted by atomic mass is 10.2. The summed E-state index contributed by atoms with van der Waals surface area (Å²) >= 11 is 0. The zero-order valence-corrected chi connectivity index (χ0v) is 5.90. The molecule has 0 unspecified atom stereocenters. The molecule has 0 aliphatic carbocycles. The van der Waals surface area contributed by atoms with Crippen molar-refractivity contribution in [3.05, 3.63) is 0 Å². The van der Waals surface area contributed by atoms with Gasteiger partial charge < -0.3 is 4.84 Å². The van der Waals surface area contributed by atoms with Crippen LogP contribution >= 0.6 is 0 Å². The second-order valence-electron chi connectivity index (χ2n) is 2.18. The molecule has 0 atom stereocenters. The lowest BCUT2D eigenvalue weighted by Gasteiger charge is -2.04. The van der Waals surface area contributed by atoms with Crippen LogP contribution in [0.2, 0.25) is 0 Å². The van der Waals surface area contributed by atoms with E-state index >= 15 is 0 Å². The van der Waals surface area contributed by atoms with Gasteiger partial charge in [0.25, 0.3) is 0 Å². The molecule has 0 heterocycles. The van der Waals surface area contributed by atoms with Gasteiger partial charge in [0.15, 0.2) is 0 Å². The molecular weight excluding hydrogens is 102 g/mol. The van der Waals surface area contributed by atoms with E-state index in [0.29, 0.717) is 5.92 Å². The standard InChI is InChI=1S/C6H15NO/c1-4-8-7-5-6(2)3/h6-7H,4-5H2,1-3H3. The van der Waals surface area contributed by atoms with Gasteiger partial charge in [0.1, 0.15) is 0 Å². The monoisotopic (exact) mass is 117 g/mol. The first-order chi connectivity index (χ1) is 3.77. The van der Waals surface area contributed by atoms with E-state index in [9.17, 15) is 0 Å². The summed E-state index contributed by atoms with van der Waals surface area (Å²) in [5, 5.41) is 0. The Kier molecular flexibility index (Phi) is 5.01. The van der Waals surface area contributed by atoms with Gasteiger partial charge >= 0.3 is 0 Å². The molecule has 0 aliphatic rings. The van der Waals surface area contributed by atoms with Crippen molar-refractivity contribution in [2.24, 2.45) is 5.92 Å². The molecule has 1 N–H and O–H groups in total. The number of hydrogen-bond donors (Lipinski definition) is 1. The van der Waals surface area contributed by atoms with Crippen LogP contribution in [0.5, 0.6) is 0 Å². The van der Waals surface area contributed by atoms with E-state index in [1.165, 1.54) is 0 Å². The third kappa shape index (κ3) is 5.92. The maximum atomic E-state index is 4.89. The van der Waals surface area contributed by atoms with Crippen molar-refractivity contribution < 1.29 is 4.84 Å². The Labute approximate surface area is 51.2 Å². The average molecular weight is 117 g/mol. The lowest BCUT2D eigenvalue weighted by Crippen LogP contribution is -2.19. The van der Waals surface area contributed by atoms with Gasteiger partial charge in [0, 0.05) is 6.54 Å². The summed E-state index contributed by atoms with van der Waals surface area (Å²) in [5.41, 5.74) is 2.83.